The predicted octanol–water partition coefficient (Wildman–Crippen LogP) is 4.17. The molecule has 1 nitrogen and oxygen atoms in total. The van der Waals surface area contributed by atoms with E-state index in [9.17, 15) is 13.2 Å². The van der Waals surface area contributed by atoms with Crippen molar-refractivity contribution in [3.05, 3.63) is 42.0 Å². The van der Waals surface area contributed by atoms with Crippen LogP contribution in [0.1, 0.15) is 11.1 Å². The summed E-state index contributed by atoms with van der Waals surface area (Å²) in [6.45, 7) is 5.20. The average Bonchev–Trinajstić information content (AvgIpc) is 2.18. The molecular formula is C11H11ClF3OSi. The number of hydrogen-bond acceptors (Lipinski definition) is 1. The minimum Gasteiger partial charge on any atom is -0.528 e. The Kier molecular flexibility index (Phi) is 4.65. The summed E-state index contributed by atoms with van der Waals surface area (Å²) in [5, 5.41) is 0. The van der Waals surface area contributed by atoms with Crippen LogP contribution in [0.5, 0.6) is 5.75 Å². The molecule has 0 atom stereocenters. The van der Waals surface area contributed by atoms with Crippen molar-refractivity contribution in [2.75, 3.05) is 0 Å². The Morgan fingerprint density at radius 2 is 2.12 bits per heavy atom. The molecule has 0 heterocycles. The molecule has 0 aliphatic rings. The van der Waals surface area contributed by atoms with Crippen molar-refractivity contribution in [1.29, 1.82) is 0 Å². The fourth-order valence-electron chi connectivity index (χ4n) is 1.32. The molecule has 0 bridgehead atoms. The van der Waals surface area contributed by atoms with E-state index in [1.807, 2.05) is 0 Å². The summed E-state index contributed by atoms with van der Waals surface area (Å²) in [6, 6.07) is 3.36. The highest BCUT2D eigenvalue weighted by Gasteiger charge is 2.31. The minimum atomic E-state index is -4.35. The summed E-state index contributed by atoms with van der Waals surface area (Å²) in [4.78, 5) is 0. The molecule has 0 aromatic heterocycles. The monoisotopic (exact) mass is 279 g/mol. The summed E-state index contributed by atoms with van der Waals surface area (Å²) >= 11 is 5.75. The van der Waals surface area contributed by atoms with Crippen molar-refractivity contribution < 1.29 is 17.6 Å². The quantitative estimate of drug-likeness (QED) is 0.457. The molecule has 0 aliphatic carbocycles. The van der Waals surface area contributed by atoms with E-state index in [0.29, 0.717) is 17.7 Å². The Morgan fingerprint density at radius 3 is 2.59 bits per heavy atom. The normalized spacial score (nSPS) is 11.6. The van der Waals surface area contributed by atoms with Crippen LogP contribution in [0.4, 0.5) is 13.2 Å². The fourth-order valence-corrected chi connectivity index (χ4v) is 2.07. The number of halogens is 4. The summed E-state index contributed by atoms with van der Waals surface area (Å²) < 4.78 is 42.9. The Hall–Kier alpha value is -0.943. The van der Waals surface area contributed by atoms with Gasteiger partial charge in [0, 0.05) is 0 Å². The SMILES string of the molecule is C=CCc1cc(C(F)(F)F)ccc1O[Si](C)Cl. The maximum Gasteiger partial charge on any atom is 0.416 e. The first kappa shape index (κ1) is 14.1. The average molecular weight is 280 g/mol. The second-order valence-electron chi connectivity index (χ2n) is 3.39. The molecule has 0 saturated heterocycles. The summed E-state index contributed by atoms with van der Waals surface area (Å²) in [7, 11) is -1.52. The molecule has 0 fully saturated rings. The lowest BCUT2D eigenvalue weighted by Crippen LogP contribution is -2.11. The van der Waals surface area contributed by atoms with E-state index in [4.69, 9.17) is 15.5 Å². The van der Waals surface area contributed by atoms with Crippen LogP contribution in [-0.2, 0) is 12.6 Å². The Bertz CT molecular complexity index is 404. The van der Waals surface area contributed by atoms with E-state index >= 15 is 0 Å². The number of alkyl halides is 3. The Morgan fingerprint density at radius 1 is 1.47 bits per heavy atom. The lowest BCUT2D eigenvalue weighted by molar-refractivity contribution is -0.137. The molecular weight excluding hydrogens is 269 g/mol. The number of allylic oxidation sites excluding steroid dienone is 1. The van der Waals surface area contributed by atoms with Crippen LogP contribution in [-0.4, -0.2) is 8.35 Å². The van der Waals surface area contributed by atoms with E-state index in [1.165, 1.54) is 12.1 Å². The first-order valence-electron chi connectivity index (χ1n) is 4.82. The maximum atomic E-state index is 12.5. The van der Waals surface area contributed by atoms with E-state index in [0.717, 1.165) is 12.1 Å². The maximum absolute atomic E-state index is 12.5. The van der Waals surface area contributed by atoms with Crippen molar-refractivity contribution in [3.8, 4) is 5.75 Å². The summed E-state index contributed by atoms with van der Waals surface area (Å²) in [5.41, 5.74) is -0.249. The van der Waals surface area contributed by atoms with Crippen LogP contribution < -0.4 is 4.43 Å². The van der Waals surface area contributed by atoms with Crippen LogP contribution in [0.15, 0.2) is 30.9 Å². The van der Waals surface area contributed by atoms with Gasteiger partial charge in [0.1, 0.15) is 5.75 Å². The second kappa shape index (κ2) is 5.60. The molecule has 1 radical (unpaired) electrons. The fraction of sp³-hybridized carbons (Fsp3) is 0.273. The van der Waals surface area contributed by atoms with Crippen molar-refractivity contribution in [2.45, 2.75) is 19.1 Å². The lowest BCUT2D eigenvalue weighted by Gasteiger charge is -2.14. The van der Waals surface area contributed by atoms with Crippen LogP contribution in [0.3, 0.4) is 0 Å². The van der Waals surface area contributed by atoms with Crippen LogP contribution in [0, 0.1) is 0 Å². The molecule has 0 amide bonds. The highest BCUT2D eigenvalue weighted by molar-refractivity contribution is 7.02. The van der Waals surface area contributed by atoms with Gasteiger partial charge in [0.25, 0.3) is 0 Å². The third-order valence-corrected chi connectivity index (χ3v) is 2.74. The first-order valence-corrected chi connectivity index (χ1v) is 7.74. The highest BCUT2D eigenvalue weighted by atomic mass is 35.6. The van der Waals surface area contributed by atoms with Crippen LogP contribution in [0.25, 0.3) is 0 Å². The van der Waals surface area contributed by atoms with Gasteiger partial charge in [-0.3, -0.25) is 0 Å². The van der Waals surface area contributed by atoms with Gasteiger partial charge in [-0.15, -0.1) is 17.7 Å². The topological polar surface area (TPSA) is 9.23 Å². The highest BCUT2D eigenvalue weighted by Crippen LogP contribution is 2.33. The van der Waals surface area contributed by atoms with Gasteiger partial charge in [0.2, 0.25) is 0 Å². The van der Waals surface area contributed by atoms with Crippen LogP contribution in [0.2, 0.25) is 6.55 Å². The third-order valence-electron chi connectivity index (χ3n) is 2.00. The largest absolute Gasteiger partial charge is 0.528 e. The molecule has 0 saturated carbocycles. The zero-order chi connectivity index (χ0) is 13.1. The minimum absolute atomic E-state index is 0.311. The van der Waals surface area contributed by atoms with Gasteiger partial charge in [-0.2, -0.15) is 13.2 Å². The van der Waals surface area contributed by atoms with E-state index in [2.05, 4.69) is 6.58 Å². The van der Waals surface area contributed by atoms with Crippen LogP contribution >= 0.6 is 11.1 Å². The lowest BCUT2D eigenvalue weighted by atomic mass is 10.1. The Balaban J connectivity index is 3.12. The summed E-state index contributed by atoms with van der Waals surface area (Å²) in [6.07, 6.45) is -2.51. The molecule has 0 spiro atoms. The van der Waals surface area contributed by atoms with Gasteiger partial charge in [-0.05, 0) is 36.7 Å². The molecule has 1 aromatic carbocycles. The molecule has 0 unspecified atom stereocenters. The second-order valence-corrected chi connectivity index (χ2v) is 6.13. The van der Waals surface area contributed by atoms with E-state index < -0.39 is 20.1 Å². The van der Waals surface area contributed by atoms with E-state index in [-0.39, 0.29) is 0 Å². The van der Waals surface area contributed by atoms with Gasteiger partial charge in [0.15, 0.2) is 0 Å². The van der Waals surface area contributed by atoms with Gasteiger partial charge in [0.05, 0.1) is 5.56 Å². The zero-order valence-corrected chi connectivity index (χ0v) is 10.9. The Labute approximate surface area is 104 Å². The van der Waals surface area contributed by atoms with Gasteiger partial charge in [-0.25, -0.2) is 0 Å². The zero-order valence-electron chi connectivity index (χ0n) is 9.14. The number of hydrogen-bond donors (Lipinski definition) is 0. The van der Waals surface area contributed by atoms with Crippen molar-refractivity contribution in [1.82, 2.24) is 0 Å². The predicted molar refractivity (Wildman–Crippen MR) is 63.4 cm³/mol. The molecule has 1 aromatic rings. The third kappa shape index (κ3) is 4.09. The van der Waals surface area contributed by atoms with Crippen molar-refractivity contribution in [3.63, 3.8) is 0 Å². The first-order chi connectivity index (χ1) is 7.84. The molecule has 6 heteroatoms. The molecule has 93 valence electrons. The number of rotatable bonds is 4. The molecule has 1 rings (SSSR count). The van der Waals surface area contributed by atoms with Gasteiger partial charge < -0.3 is 4.43 Å². The van der Waals surface area contributed by atoms with Crippen molar-refractivity contribution >= 4 is 19.4 Å². The molecule has 0 N–H and O–H groups in total. The molecule has 0 aliphatic heterocycles. The molecule has 17 heavy (non-hydrogen) atoms. The number of benzene rings is 1. The van der Waals surface area contributed by atoms with Crippen molar-refractivity contribution in [2.24, 2.45) is 0 Å². The van der Waals surface area contributed by atoms with Gasteiger partial charge in [-0.1, -0.05) is 6.08 Å². The van der Waals surface area contributed by atoms with Gasteiger partial charge >= 0.3 is 14.5 Å². The smallest absolute Gasteiger partial charge is 0.416 e. The standard InChI is InChI=1S/C11H11ClF3OSi/c1-3-4-8-7-9(11(13,14)15)5-6-10(8)16-17(2)12/h3,5-7H,1,4H2,2H3. The summed E-state index contributed by atoms with van der Waals surface area (Å²) in [5.74, 6) is 0.393. The van der Waals surface area contributed by atoms with E-state index in [1.54, 1.807) is 6.55 Å².